The summed E-state index contributed by atoms with van der Waals surface area (Å²) in [6, 6.07) is 8.32. The van der Waals surface area contributed by atoms with Crippen molar-refractivity contribution in [2.75, 3.05) is 31.2 Å². The number of nitrogens with zero attached hydrogens (tertiary/aromatic N) is 2. The zero-order valence-corrected chi connectivity index (χ0v) is 15.0. The Morgan fingerprint density at radius 2 is 1.78 bits per heavy atom. The number of aliphatic hydroxyl groups is 2. The fraction of sp³-hybridized carbons (Fsp3) is 0.500. The quantitative estimate of drug-likeness (QED) is 0.838. The highest BCUT2D eigenvalue weighted by Crippen LogP contribution is 2.34. The van der Waals surface area contributed by atoms with Gasteiger partial charge < -0.3 is 15.1 Å². The Hall–Kier alpha value is -1.17. The predicted octanol–water partition coefficient (Wildman–Crippen LogP) is 3.12. The number of halogens is 1. The van der Waals surface area contributed by atoms with Crippen molar-refractivity contribution in [3.63, 3.8) is 0 Å². The molecule has 2 heterocycles. The van der Waals surface area contributed by atoms with Crippen LogP contribution in [-0.2, 0) is 0 Å². The number of aromatic nitrogens is 1. The Morgan fingerprint density at radius 3 is 2.39 bits per heavy atom. The Kier molecular flexibility index (Phi) is 5.19. The first-order valence-corrected chi connectivity index (χ1v) is 8.95. The molecule has 2 N–H and O–H groups in total. The van der Waals surface area contributed by atoms with Gasteiger partial charge in [-0.1, -0.05) is 15.9 Å². The van der Waals surface area contributed by atoms with Crippen LogP contribution in [0.4, 0.5) is 5.82 Å². The molecule has 1 aromatic carbocycles. The van der Waals surface area contributed by atoms with Crippen LogP contribution in [0.5, 0.6) is 0 Å². The van der Waals surface area contributed by atoms with Crippen LogP contribution in [0.2, 0.25) is 0 Å². The highest BCUT2D eigenvalue weighted by Gasteiger charge is 2.33. The van der Waals surface area contributed by atoms with Gasteiger partial charge in [0.25, 0.3) is 0 Å². The van der Waals surface area contributed by atoms with Gasteiger partial charge in [-0.3, -0.25) is 0 Å². The van der Waals surface area contributed by atoms with Crippen LogP contribution in [0.25, 0.3) is 10.9 Å². The number of hydrogen-bond donors (Lipinski definition) is 2. The van der Waals surface area contributed by atoms with E-state index >= 15 is 0 Å². The lowest BCUT2D eigenvalue weighted by molar-refractivity contribution is 0.210. The van der Waals surface area contributed by atoms with E-state index in [1.165, 1.54) is 5.56 Å². The van der Waals surface area contributed by atoms with Gasteiger partial charge in [0, 0.05) is 36.2 Å². The van der Waals surface area contributed by atoms with Crippen LogP contribution in [0.1, 0.15) is 18.4 Å². The molecule has 1 aliphatic rings. The molecule has 124 valence electrons. The minimum atomic E-state index is 0.207. The van der Waals surface area contributed by atoms with Crippen LogP contribution >= 0.6 is 15.9 Å². The van der Waals surface area contributed by atoms with E-state index < -0.39 is 0 Å². The monoisotopic (exact) mass is 378 g/mol. The molecule has 0 spiro atoms. The topological polar surface area (TPSA) is 56.6 Å². The van der Waals surface area contributed by atoms with Crippen molar-refractivity contribution in [2.45, 2.75) is 19.8 Å². The number of pyridine rings is 1. The molecule has 1 aliphatic heterocycles. The second kappa shape index (κ2) is 7.16. The van der Waals surface area contributed by atoms with E-state index in [1.807, 2.05) is 12.1 Å². The summed E-state index contributed by atoms with van der Waals surface area (Å²) < 4.78 is 1.06. The standard InChI is InChI=1S/C18H23BrN2O2/c1-12-8-15-9-16(19)2-3-17(15)20-18(12)21-10-13(4-6-22)14(11-21)5-7-23/h2-3,8-9,13-14,22-23H,4-7,10-11H2,1H3/t13-,14+. The number of rotatable bonds is 5. The normalized spacial score (nSPS) is 21.3. The van der Waals surface area contributed by atoms with Crippen molar-refractivity contribution in [2.24, 2.45) is 11.8 Å². The van der Waals surface area contributed by atoms with Crippen LogP contribution in [0, 0.1) is 18.8 Å². The Balaban J connectivity index is 1.90. The first-order valence-electron chi connectivity index (χ1n) is 8.16. The lowest BCUT2D eigenvalue weighted by atomic mass is 9.91. The lowest BCUT2D eigenvalue weighted by Gasteiger charge is -2.20. The fourth-order valence-corrected chi connectivity index (χ4v) is 4.04. The Bertz CT molecular complexity index is 678. The van der Waals surface area contributed by atoms with Crippen molar-refractivity contribution in [1.82, 2.24) is 4.98 Å². The summed E-state index contributed by atoms with van der Waals surface area (Å²) in [5.74, 6) is 1.88. The van der Waals surface area contributed by atoms with Gasteiger partial charge in [0.05, 0.1) is 5.52 Å². The first kappa shape index (κ1) is 16.7. The summed E-state index contributed by atoms with van der Waals surface area (Å²) in [4.78, 5) is 7.18. The molecule has 0 amide bonds. The van der Waals surface area contributed by atoms with E-state index in [9.17, 15) is 10.2 Å². The van der Waals surface area contributed by atoms with Gasteiger partial charge in [0.15, 0.2) is 0 Å². The third-order valence-corrected chi connectivity index (χ3v) is 5.31. The van der Waals surface area contributed by atoms with Crippen LogP contribution in [-0.4, -0.2) is 41.5 Å². The molecule has 0 aliphatic carbocycles. The van der Waals surface area contributed by atoms with E-state index in [0.29, 0.717) is 11.8 Å². The molecule has 0 radical (unpaired) electrons. The van der Waals surface area contributed by atoms with Gasteiger partial charge in [0.1, 0.15) is 5.82 Å². The van der Waals surface area contributed by atoms with Gasteiger partial charge in [-0.05, 0) is 61.4 Å². The maximum absolute atomic E-state index is 9.29. The third-order valence-electron chi connectivity index (χ3n) is 4.82. The fourth-order valence-electron chi connectivity index (χ4n) is 3.66. The molecule has 2 atom stereocenters. The number of aryl methyl sites for hydroxylation is 1. The molecule has 5 heteroatoms. The molecule has 4 nitrogen and oxygen atoms in total. The highest BCUT2D eigenvalue weighted by atomic mass is 79.9. The lowest BCUT2D eigenvalue weighted by Crippen LogP contribution is -2.22. The summed E-state index contributed by atoms with van der Waals surface area (Å²) >= 11 is 3.51. The average Bonchev–Trinajstić information content (AvgIpc) is 2.90. The van der Waals surface area contributed by atoms with Crippen LogP contribution in [0.15, 0.2) is 28.7 Å². The molecular weight excluding hydrogens is 356 g/mol. The zero-order valence-electron chi connectivity index (χ0n) is 13.4. The molecule has 0 unspecified atom stereocenters. The summed E-state index contributed by atoms with van der Waals surface area (Å²) in [6.07, 6.45) is 1.58. The van der Waals surface area contributed by atoms with E-state index in [-0.39, 0.29) is 13.2 Å². The molecule has 23 heavy (non-hydrogen) atoms. The summed E-state index contributed by atoms with van der Waals surface area (Å²) in [7, 11) is 0. The minimum absolute atomic E-state index is 0.207. The maximum atomic E-state index is 9.29. The number of fused-ring (bicyclic) bond motifs is 1. The van der Waals surface area contributed by atoms with Crippen molar-refractivity contribution in [3.05, 3.63) is 34.3 Å². The Labute approximate surface area is 145 Å². The second-order valence-corrected chi connectivity index (χ2v) is 7.33. The van der Waals surface area contributed by atoms with Gasteiger partial charge in [0.2, 0.25) is 0 Å². The van der Waals surface area contributed by atoms with Crippen molar-refractivity contribution < 1.29 is 10.2 Å². The minimum Gasteiger partial charge on any atom is -0.396 e. The molecular formula is C18H23BrN2O2. The number of aliphatic hydroxyl groups excluding tert-OH is 2. The van der Waals surface area contributed by atoms with Crippen molar-refractivity contribution in [1.29, 1.82) is 0 Å². The van der Waals surface area contributed by atoms with E-state index in [0.717, 1.165) is 47.1 Å². The maximum Gasteiger partial charge on any atom is 0.132 e. The highest BCUT2D eigenvalue weighted by molar-refractivity contribution is 9.10. The molecule has 0 bridgehead atoms. The molecule has 1 aromatic heterocycles. The van der Waals surface area contributed by atoms with Gasteiger partial charge >= 0.3 is 0 Å². The van der Waals surface area contributed by atoms with E-state index in [2.05, 4.69) is 39.9 Å². The third kappa shape index (κ3) is 3.52. The molecule has 1 saturated heterocycles. The van der Waals surface area contributed by atoms with Crippen molar-refractivity contribution >= 4 is 32.7 Å². The van der Waals surface area contributed by atoms with Gasteiger partial charge in [-0.25, -0.2) is 4.98 Å². The second-order valence-electron chi connectivity index (χ2n) is 6.42. The summed E-state index contributed by atoms with van der Waals surface area (Å²) in [5.41, 5.74) is 2.17. The van der Waals surface area contributed by atoms with Gasteiger partial charge in [-0.15, -0.1) is 0 Å². The molecule has 0 saturated carbocycles. The average molecular weight is 379 g/mol. The predicted molar refractivity (Wildman–Crippen MR) is 96.8 cm³/mol. The van der Waals surface area contributed by atoms with Crippen molar-refractivity contribution in [3.8, 4) is 0 Å². The molecule has 2 aromatic rings. The number of anilines is 1. The zero-order chi connectivity index (χ0) is 16.4. The van der Waals surface area contributed by atoms with E-state index in [1.54, 1.807) is 0 Å². The molecule has 1 fully saturated rings. The SMILES string of the molecule is Cc1cc2cc(Br)ccc2nc1N1C[C@@H](CCO)[C@@H](CCO)C1. The summed E-state index contributed by atoms with van der Waals surface area (Å²) in [6.45, 7) is 4.32. The first-order chi connectivity index (χ1) is 11.1. The molecule has 3 rings (SSSR count). The summed E-state index contributed by atoms with van der Waals surface area (Å²) in [5, 5.41) is 19.7. The smallest absolute Gasteiger partial charge is 0.132 e. The van der Waals surface area contributed by atoms with Gasteiger partial charge in [-0.2, -0.15) is 0 Å². The largest absolute Gasteiger partial charge is 0.396 e. The van der Waals surface area contributed by atoms with Crippen LogP contribution < -0.4 is 4.90 Å². The number of hydrogen-bond acceptors (Lipinski definition) is 4. The number of benzene rings is 1. The van der Waals surface area contributed by atoms with E-state index in [4.69, 9.17) is 4.98 Å². The Morgan fingerprint density at radius 1 is 1.13 bits per heavy atom. The van der Waals surface area contributed by atoms with Crippen LogP contribution in [0.3, 0.4) is 0 Å².